The molecular formula is C11H13FO4. The highest BCUT2D eigenvalue weighted by Crippen LogP contribution is 2.16. The summed E-state index contributed by atoms with van der Waals surface area (Å²) in [6, 6.07) is 5.13. The Balaban J connectivity index is 2.79. The predicted octanol–water partition coefficient (Wildman–Crippen LogP) is 1.43. The number of carbonyl (C=O) groups is 1. The van der Waals surface area contributed by atoms with Crippen LogP contribution in [0.25, 0.3) is 0 Å². The number of hydrogen-bond acceptors (Lipinski definition) is 3. The SMILES string of the molecule is CCC(O)C(Oc1cccc(F)c1)C(=O)O. The van der Waals surface area contributed by atoms with Crippen LogP contribution in [0.4, 0.5) is 4.39 Å². The van der Waals surface area contributed by atoms with Gasteiger partial charge in [-0.05, 0) is 18.6 Å². The number of aliphatic carboxylic acids is 1. The molecule has 0 spiro atoms. The molecule has 2 atom stereocenters. The van der Waals surface area contributed by atoms with Gasteiger partial charge < -0.3 is 14.9 Å². The number of hydrogen-bond donors (Lipinski definition) is 2. The summed E-state index contributed by atoms with van der Waals surface area (Å²) in [5, 5.41) is 18.2. The Kier molecular flexibility index (Phi) is 4.25. The Bertz CT molecular complexity index is 367. The Labute approximate surface area is 92.3 Å². The third-order valence-corrected chi connectivity index (χ3v) is 2.07. The van der Waals surface area contributed by atoms with Gasteiger partial charge in [0.15, 0.2) is 0 Å². The number of carboxylic acids is 1. The van der Waals surface area contributed by atoms with E-state index in [1.54, 1.807) is 6.92 Å². The molecule has 2 unspecified atom stereocenters. The number of aliphatic hydroxyl groups is 1. The van der Waals surface area contributed by atoms with Crippen molar-refractivity contribution in [3.63, 3.8) is 0 Å². The van der Waals surface area contributed by atoms with E-state index in [2.05, 4.69) is 0 Å². The fraction of sp³-hybridized carbons (Fsp3) is 0.364. The third-order valence-electron chi connectivity index (χ3n) is 2.07. The van der Waals surface area contributed by atoms with Crippen molar-refractivity contribution in [3.05, 3.63) is 30.1 Å². The molecule has 4 nitrogen and oxygen atoms in total. The predicted molar refractivity (Wildman–Crippen MR) is 54.7 cm³/mol. The first kappa shape index (κ1) is 12.4. The molecular weight excluding hydrogens is 215 g/mol. The van der Waals surface area contributed by atoms with Gasteiger partial charge in [-0.3, -0.25) is 0 Å². The first-order chi connectivity index (χ1) is 7.54. The lowest BCUT2D eigenvalue weighted by Gasteiger charge is -2.19. The van der Waals surface area contributed by atoms with Gasteiger partial charge in [0.05, 0.1) is 0 Å². The summed E-state index contributed by atoms with van der Waals surface area (Å²) < 4.78 is 17.8. The Morgan fingerprint density at radius 2 is 2.25 bits per heavy atom. The summed E-state index contributed by atoms with van der Waals surface area (Å²) in [5.41, 5.74) is 0. The average molecular weight is 228 g/mol. The van der Waals surface area contributed by atoms with Crippen LogP contribution in [0.3, 0.4) is 0 Å². The molecule has 0 amide bonds. The van der Waals surface area contributed by atoms with Crippen LogP contribution < -0.4 is 4.74 Å². The number of benzene rings is 1. The van der Waals surface area contributed by atoms with Gasteiger partial charge in [0.2, 0.25) is 6.10 Å². The lowest BCUT2D eigenvalue weighted by atomic mass is 10.1. The highest BCUT2D eigenvalue weighted by molar-refractivity contribution is 5.73. The monoisotopic (exact) mass is 228 g/mol. The second kappa shape index (κ2) is 5.46. The van der Waals surface area contributed by atoms with Crippen molar-refractivity contribution in [2.45, 2.75) is 25.6 Å². The van der Waals surface area contributed by atoms with Gasteiger partial charge in [0.25, 0.3) is 0 Å². The second-order valence-electron chi connectivity index (χ2n) is 3.31. The maximum Gasteiger partial charge on any atom is 0.347 e. The highest BCUT2D eigenvalue weighted by Gasteiger charge is 2.27. The van der Waals surface area contributed by atoms with E-state index in [1.807, 2.05) is 0 Å². The molecule has 0 bridgehead atoms. The van der Waals surface area contributed by atoms with Crippen LogP contribution in [0.15, 0.2) is 24.3 Å². The summed E-state index contributed by atoms with van der Waals surface area (Å²) in [5.74, 6) is -1.72. The largest absolute Gasteiger partial charge is 0.478 e. The van der Waals surface area contributed by atoms with Crippen LogP contribution >= 0.6 is 0 Å². The summed E-state index contributed by atoms with van der Waals surface area (Å²) in [7, 11) is 0. The summed E-state index contributed by atoms with van der Waals surface area (Å²) >= 11 is 0. The first-order valence-corrected chi connectivity index (χ1v) is 4.87. The average Bonchev–Trinajstić information content (AvgIpc) is 2.24. The van der Waals surface area contributed by atoms with Gasteiger partial charge in [0, 0.05) is 6.07 Å². The smallest absolute Gasteiger partial charge is 0.347 e. The lowest BCUT2D eigenvalue weighted by molar-refractivity contribution is -0.150. The van der Waals surface area contributed by atoms with Gasteiger partial charge >= 0.3 is 5.97 Å². The Morgan fingerprint density at radius 3 is 2.75 bits per heavy atom. The van der Waals surface area contributed by atoms with E-state index >= 15 is 0 Å². The van der Waals surface area contributed by atoms with Crippen LogP contribution in [0.2, 0.25) is 0 Å². The van der Waals surface area contributed by atoms with E-state index in [9.17, 15) is 14.3 Å². The molecule has 0 aromatic heterocycles. The van der Waals surface area contributed by atoms with Crippen LogP contribution in [0, 0.1) is 5.82 Å². The van der Waals surface area contributed by atoms with Crippen molar-refractivity contribution in [1.29, 1.82) is 0 Å². The van der Waals surface area contributed by atoms with E-state index < -0.39 is 24.0 Å². The zero-order valence-electron chi connectivity index (χ0n) is 8.76. The number of ether oxygens (including phenoxy) is 1. The van der Waals surface area contributed by atoms with Gasteiger partial charge in [-0.15, -0.1) is 0 Å². The van der Waals surface area contributed by atoms with Gasteiger partial charge in [-0.1, -0.05) is 13.0 Å². The highest BCUT2D eigenvalue weighted by atomic mass is 19.1. The minimum atomic E-state index is -1.38. The van der Waals surface area contributed by atoms with E-state index in [1.165, 1.54) is 18.2 Å². The Morgan fingerprint density at radius 1 is 1.56 bits per heavy atom. The molecule has 0 aliphatic heterocycles. The quantitative estimate of drug-likeness (QED) is 0.800. The van der Waals surface area contributed by atoms with Gasteiger partial charge in [0.1, 0.15) is 17.7 Å². The number of carboxylic acid groups (broad SMARTS) is 1. The van der Waals surface area contributed by atoms with Crippen LogP contribution in [0.1, 0.15) is 13.3 Å². The minimum absolute atomic E-state index is 0.0832. The number of halogens is 1. The molecule has 0 aliphatic rings. The molecule has 0 fully saturated rings. The van der Waals surface area contributed by atoms with Crippen molar-refractivity contribution in [1.82, 2.24) is 0 Å². The summed E-state index contributed by atoms with van der Waals surface area (Å²) in [6.07, 6.45) is -2.26. The molecule has 0 saturated carbocycles. The van der Waals surface area contributed by atoms with E-state index in [4.69, 9.17) is 9.84 Å². The van der Waals surface area contributed by atoms with Crippen LogP contribution in [-0.2, 0) is 4.79 Å². The maximum atomic E-state index is 12.8. The topological polar surface area (TPSA) is 66.8 Å². The third kappa shape index (κ3) is 3.20. The second-order valence-corrected chi connectivity index (χ2v) is 3.31. The molecule has 0 radical (unpaired) electrons. The molecule has 0 heterocycles. The molecule has 16 heavy (non-hydrogen) atoms. The molecule has 0 aliphatic carbocycles. The molecule has 5 heteroatoms. The summed E-state index contributed by atoms with van der Waals surface area (Å²) in [6.45, 7) is 1.63. The fourth-order valence-corrected chi connectivity index (χ4v) is 1.19. The van der Waals surface area contributed by atoms with E-state index in [-0.39, 0.29) is 12.2 Å². The van der Waals surface area contributed by atoms with Crippen LogP contribution in [-0.4, -0.2) is 28.4 Å². The van der Waals surface area contributed by atoms with Crippen molar-refractivity contribution in [2.75, 3.05) is 0 Å². The normalized spacial score (nSPS) is 14.2. The standard InChI is InChI=1S/C11H13FO4/c1-2-9(13)10(11(14)15)16-8-5-3-4-7(12)6-8/h3-6,9-10,13H,2H2,1H3,(H,14,15). The maximum absolute atomic E-state index is 12.8. The Hall–Kier alpha value is -1.62. The lowest BCUT2D eigenvalue weighted by Crippen LogP contribution is -2.38. The van der Waals surface area contributed by atoms with Crippen molar-refractivity contribution in [3.8, 4) is 5.75 Å². The van der Waals surface area contributed by atoms with E-state index in [0.717, 1.165) is 6.07 Å². The molecule has 1 aromatic rings. The number of rotatable bonds is 5. The van der Waals surface area contributed by atoms with Crippen molar-refractivity contribution < 1.29 is 24.1 Å². The fourth-order valence-electron chi connectivity index (χ4n) is 1.19. The van der Waals surface area contributed by atoms with Crippen molar-refractivity contribution >= 4 is 5.97 Å². The molecule has 88 valence electrons. The zero-order valence-corrected chi connectivity index (χ0v) is 8.76. The molecule has 1 rings (SSSR count). The van der Waals surface area contributed by atoms with Crippen molar-refractivity contribution in [2.24, 2.45) is 0 Å². The van der Waals surface area contributed by atoms with E-state index in [0.29, 0.717) is 0 Å². The van der Waals surface area contributed by atoms with Crippen LogP contribution in [0.5, 0.6) is 5.75 Å². The molecule has 1 aromatic carbocycles. The van der Waals surface area contributed by atoms with Gasteiger partial charge in [-0.2, -0.15) is 0 Å². The minimum Gasteiger partial charge on any atom is -0.478 e. The molecule has 2 N–H and O–H groups in total. The zero-order chi connectivity index (χ0) is 12.1. The summed E-state index contributed by atoms with van der Waals surface area (Å²) in [4.78, 5) is 10.8. The molecule has 0 saturated heterocycles. The first-order valence-electron chi connectivity index (χ1n) is 4.87. The number of aliphatic hydroxyl groups excluding tert-OH is 1. The van der Waals surface area contributed by atoms with Gasteiger partial charge in [-0.25, -0.2) is 9.18 Å².